The van der Waals surface area contributed by atoms with Crippen molar-refractivity contribution < 1.29 is 9.59 Å². The Bertz CT molecular complexity index is 970. The first-order valence-electron chi connectivity index (χ1n) is 10.1. The van der Waals surface area contributed by atoms with Crippen molar-refractivity contribution in [1.29, 1.82) is 0 Å². The van der Waals surface area contributed by atoms with Crippen LogP contribution in [0.2, 0.25) is 5.02 Å². The summed E-state index contributed by atoms with van der Waals surface area (Å²) in [6, 6.07) is 24.0. The number of para-hydroxylation sites is 1. The normalized spacial score (nSPS) is 10.5. The molecule has 0 fully saturated rings. The van der Waals surface area contributed by atoms with Gasteiger partial charge in [-0.15, -0.1) is 0 Å². The summed E-state index contributed by atoms with van der Waals surface area (Å²) < 4.78 is 0. The number of aryl methyl sites for hydroxylation is 1. The molecule has 0 aliphatic carbocycles. The molecule has 0 radical (unpaired) electrons. The molecule has 0 aliphatic rings. The molecule has 3 aromatic rings. The Morgan fingerprint density at radius 3 is 2.13 bits per heavy atom. The largest absolute Gasteiger partial charge is 0.352 e. The van der Waals surface area contributed by atoms with E-state index in [1.807, 2.05) is 54.6 Å². The lowest BCUT2D eigenvalue weighted by atomic mass is 10.1. The molecular weight excluding hydrogens is 396 g/mol. The lowest BCUT2D eigenvalue weighted by Gasteiger charge is -2.23. The molecule has 0 aliphatic heterocycles. The van der Waals surface area contributed by atoms with E-state index >= 15 is 0 Å². The number of benzene rings is 3. The van der Waals surface area contributed by atoms with E-state index < -0.39 is 0 Å². The molecular formula is C25H25ClN2O2. The number of carbonyl (C=O) groups is 2. The van der Waals surface area contributed by atoms with Crippen molar-refractivity contribution in [3.05, 3.63) is 101 Å². The van der Waals surface area contributed by atoms with E-state index in [1.165, 1.54) is 5.56 Å². The van der Waals surface area contributed by atoms with Gasteiger partial charge in [0.25, 0.3) is 11.8 Å². The highest BCUT2D eigenvalue weighted by Gasteiger charge is 2.17. The minimum absolute atomic E-state index is 0.0978. The smallest absolute Gasteiger partial charge is 0.258 e. The van der Waals surface area contributed by atoms with Crippen LogP contribution in [0.5, 0.6) is 0 Å². The fourth-order valence-electron chi connectivity index (χ4n) is 3.14. The first-order valence-corrected chi connectivity index (χ1v) is 10.5. The molecule has 2 amide bonds. The summed E-state index contributed by atoms with van der Waals surface area (Å²) in [5.74, 6) is -0.202. The monoisotopic (exact) mass is 420 g/mol. The van der Waals surface area contributed by atoms with Crippen LogP contribution in [0.4, 0.5) is 5.69 Å². The zero-order chi connectivity index (χ0) is 21.3. The summed E-state index contributed by atoms with van der Waals surface area (Å²) in [6.45, 7) is 3.05. The van der Waals surface area contributed by atoms with Crippen LogP contribution in [0.3, 0.4) is 0 Å². The van der Waals surface area contributed by atoms with Crippen molar-refractivity contribution in [2.75, 3.05) is 18.0 Å². The molecule has 3 rings (SSSR count). The average Bonchev–Trinajstić information content (AvgIpc) is 2.79. The Morgan fingerprint density at radius 2 is 1.50 bits per heavy atom. The second-order valence-corrected chi connectivity index (χ2v) is 7.40. The van der Waals surface area contributed by atoms with Gasteiger partial charge in [0.05, 0.1) is 0 Å². The number of rotatable bonds is 8. The Hall–Kier alpha value is -3.11. The zero-order valence-corrected chi connectivity index (χ0v) is 17.7. The summed E-state index contributed by atoms with van der Waals surface area (Å²) in [6.07, 6.45) is 1.58. The van der Waals surface area contributed by atoms with Gasteiger partial charge in [-0.3, -0.25) is 9.59 Å². The molecule has 30 heavy (non-hydrogen) atoms. The van der Waals surface area contributed by atoms with Gasteiger partial charge in [-0.1, -0.05) is 48.9 Å². The van der Waals surface area contributed by atoms with E-state index in [2.05, 4.69) is 12.2 Å². The van der Waals surface area contributed by atoms with Gasteiger partial charge in [0.2, 0.25) is 0 Å². The van der Waals surface area contributed by atoms with Crippen molar-refractivity contribution in [2.45, 2.75) is 19.8 Å². The Kier molecular flexibility index (Phi) is 7.63. The molecule has 0 saturated carbocycles. The topological polar surface area (TPSA) is 49.4 Å². The molecule has 0 saturated heterocycles. The quantitative estimate of drug-likeness (QED) is 0.498. The minimum atomic E-state index is -0.104. The van der Waals surface area contributed by atoms with E-state index in [-0.39, 0.29) is 11.8 Å². The molecule has 154 valence electrons. The Morgan fingerprint density at radius 1 is 0.867 bits per heavy atom. The lowest BCUT2D eigenvalue weighted by Crippen LogP contribution is -2.34. The van der Waals surface area contributed by atoms with Crippen LogP contribution >= 0.6 is 11.6 Å². The summed E-state index contributed by atoms with van der Waals surface area (Å²) in [7, 11) is 0. The van der Waals surface area contributed by atoms with Gasteiger partial charge in [-0.2, -0.15) is 0 Å². The number of nitrogens with one attached hydrogen (secondary N) is 1. The van der Waals surface area contributed by atoms with Crippen molar-refractivity contribution in [3.63, 3.8) is 0 Å². The number of halogens is 1. The highest BCUT2D eigenvalue weighted by atomic mass is 35.5. The van der Waals surface area contributed by atoms with Crippen molar-refractivity contribution >= 4 is 29.1 Å². The fraction of sp³-hybridized carbons (Fsp3) is 0.200. The highest BCUT2D eigenvalue weighted by molar-refractivity contribution is 6.30. The molecule has 0 bridgehead atoms. The third kappa shape index (κ3) is 5.71. The maximum Gasteiger partial charge on any atom is 0.258 e. The van der Waals surface area contributed by atoms with Crippen molar-refractivity contribution in [1.82, 2.24) is 5.32 Å². The molecule has 5 heteroatoms. The van der Waals surface area contributed by atoms with Crippen LogP contribution in [-0.4, -0.2) is 24.9 Å². The Labute approximate surface area is 182 Å². The maximum absolute atomic E-state index is 13.1. The number of hydrogen-bond acceptors (Lipinski definition) is 2. The zero-order valence-electron chi connectivity index (χ0n) is 17.0. The van der Waals surface area contributed by atoms with Crippen molar-refractivity contribution in [3.8, 4) is 0 Å². The minimum Gasteiger partial charge on any atom is -0.352 e. The summed E-state index contributed by atoms with van der Waals surface area (Å²) in [5.41, 5.74) is 3.23. The average molecular weight is 421 g/mol. The van der Waals surface area contributed by atoms with Gasteiger partial charge in [0, 0.05) is 34.9 Å². The van der Waals surface area contributed by atoms with Crippen LogP contribution < -0.4 is 10.2 Å². The molecule has 0 unspecified atom stereocenters. The van der Waals surface area contributed by atoms with Crippen LogP contribution in [0.15, 0.2) is 78.9 Å². The van der Waals surface area contributed by atoms with E-state index in [9.17, 15) is 9.59 Å². The number of anilines is 1. The molecule has 0 spiro atoms. The first-order chi connectivity index (χ1) is 14.6. The van der Waals surface area contributed by atoms with Gasteiger partial charge in [-0.05, 0) is 66.9 Å². The number of hydrogen-bond donors (Lipinski definition) is 1. The lowest BCUT2D eigenvalue weighted by molar-refractivity contribution is 0.0953. The fourth-order valence-corrected chi connectivity index (χ4v) is 3.26. The molecule has 0 atom stereocenters. The Balaban J connectivity index is 1.61. The predicted octanol–water partition coefficient (Wildman–Crippen LogP) is 5.37. The second-order valence-electron chi connectivity index (χ2n) is 6.96. The van der Waals surface area contributed by atoms with E-state index in [0.29, 0.717) is 35.7 Å². The van der Waals surface area contributed by atoms with Gasteiger partial charge in [0.15, 0.2) is 0 Å². The molecule has 3 aromatic carbocycles. The van der Waals surface area contributed by atoms with Crippen LogP contribution in [-0.2, 0) is 6.42 Å². The number of carbonyl (C=O) groups excluding carboxylic acids is 2. The standard InChI is InChI=1S/C25H25ClN2O2/c1-2-19-9-11-20(12-10-19)24(29)27-17-6-18-28(23-7-4-3-5-8-23)25(30)21-13-15-22(26)16-14-21/h3-5,7-16H,2,6,17-18H2,1H3,(H,27,29). The van der Waals surface area contributed by atoms with Gasteiger partial charge < -0.3 is 10.2 Å². The third-order valence-electron chi connectivity index (χ3n) is 4.87. The maximum atomic E-state index is 13.1. The van der Waals surface area contributed by atoms with E-state index in [0.717, 1.165) is 12.1 Å². The van der Waals surface area contributed by atoms with E-state index in [4.69, 9.17) is 11.6 Å². The molecule has 1 N–H and O–H groups in total. The van der Waals surface area contributed by atoms with Gasteiger partial charge in [0.1, 0.15) is 0 Å². The number of nitrogens with zero attached hydrogens (tertiary/aromatic N) is 1. The second kappa shape index (κ2) is 10.6. The van der Waals surface area contributed by atoms with Crippen molar-refractivity contribution in [2.24, 2.45) is 0 Å². The summed E-state index contributed by atoms with van der Waals surface area (Å²) in [5, 5.41) is 3.53. The van der Waals surface area contributed by atoms with Crippen LogP contribution in [0, 0.1) is 0 Å². The summed E-state index contributed by atoms with van der Waals surface area (Å²) in [4.78, 5) is 27.1. The first kappa shape index (κ1) is 21.6. The molecule has 4 nitrogen and oxygen atoms in total. The third-order valence-corrected chi connectivity index (χ3v) is 5.12. The highest BCUT2D eigenvalue weighted by Crippen LogP contribution is 2.18. The van der Waals surface area contributed by atoms with Gasteiger partial charge in [-0.25, -0.2) is 0 Å². The van der Waals surface area contributed by atoms with Crippen LogP contribution in [0.25, 0.3) is 0 Å². The van der Waals surface area contributed by atoms with E-state index in [1.54, 1.807) is 29.2 Å². The summed E-state index contributed by atoms with van der Waals surface area (Å²) >= 11 is 5.95. The van der Waals surface area contributed by atoms with Crippen LogP contribution in [0.1, 0.15) is 39.6 Å². The predicted molar refractivity (Wildman–Crippen MR) is 122 cm³/mol. The SMILES string of the molecule is CCc1ccc(C(=O)NCCCN(C(=O)c2ccc(Cl)cc2)c2ccccc2)cc1. The van der Waals surface area contributed by atoms with Gasteiger partial charge >= 0.3 is 0 Å². The molecule has 0 heterocycles. The molecule has 0 aromatic heterocycles. The number of amides is 2.